The summed E-state index contributed by atoms with van der Waals surface area (Å²) < 4.78 is 5.92. The minimum Gasteiger partial charge on any atom is -0.373 e. The summed E-state index contributed by atoms with van der Waals surface area (Å²) in [4.78, 5) is 0. The lowest BCUT2D eigenvalue weighted by atomic mass is 9.95. The molecule has 78 valence electrons. The second-order valence-corrected chi connectivity index (χ2v) is 4.09. The van der Waals surface area contributed by atoms with Gasteiger partial charge in [0.2, 0.25) is 0 Å². The molecule has 0 aromatic carbocycles. The Labute approximate surface area is 81.8 Å². The van der Waals surface area contributed by atoms with Crippen LogP contribution in [0, 0.1) is 0 Å². The zero-order valence-corrected chi connectivity index (χ0v) is 8.96. The molecular weight excluding hydrogens is 162 g/mol. The van der Waals surface area contributed by atoms with Crippen LogP contribution in [0.2, 0.25) is 0 Å². The van der Waals surface area contributed by atoms with Crippen LogP contribution in [0.3, 0.4) is 0 Å². The molecule has 1 saturated carbocycles. The van der Waals surface area contributed by atoms with E-state index in [1.807, 2.05) is 0 Å². The van der Waals surface area contributed by atoms with Gasteiger partial charge in [0.05, 0.1) is 12.2 Å². The Kier molecular flexibility index (Phi) is 4.74. The van der Waals surface area contributed by atoms with E-state index in [0.29, 0.717) is 12.2 Å². The highest BCUT2D eigenvalue weighted by Crippen LogP contribution is 2.25. The van der Waals surface area contributed by atoms with Crippen LogP contribution in [-0.4, -0.2) is 18.2 Å². The van der Waals surface area contributed by atoms with Gasteiger partial charge in [-0.1, -0.05) is 20.3 Å². The third kappa shape index (κ3) is 3.28. The van der Waals surface area contributed by atoms with E-state index < -0.39 is 0 Å². The highest BCUT2D eigenvalue weighted by atomic mass is 16.5. The topological polar surface area (TPSA) is 35.2 Å². The van der Waals surface area contributed by atoms with Crippen LogP contribution in [-0.2, 0) is 4.74 Å². The van der Waals surface area contributed by atoms with E-state index in [1.54, 1.807) is 0 Å². The maximum Gasteiger partial charge on any atom is 0.0727 e. The van der Waals surface area contributed by atoms with Gasteiger partial charge in [-0.15, -0.1) is 0 Å². The van der Waals surface area contributed by atoms with E-state index in [1.165, 1.54) is 19.3 Å². The quantitative estimate of drug-likeness (QED) is 0.690. The van der Waals surface area contributed by atoms with Crippen molar-refractivity contribution in [3.63, 3.8) is 0 Å². The first kappa shape index (κ1) is 11.0. The molecule has 0 aromatic heterocycles. The maximum atomic E-state index is 6.04. The summed E-state index contributed by atoms with van der Waals surface area (Å²) in [7, 11) is 0. The van der Waals surface area contributed by atoms with Crippen LogP contribution >= 0.6 is 0 Å². The van der Waals surface area contributed by atoms with Gasteiger partial charge in [-0.2, -0.15) is 0 Å². The van der Waals surface area contributed by atoms with Crippen LogP contribution in [0.4, 0.5) is 0 Å². The minimum absolute atomic E-state index is 0.246. The molecule has 0 heterocycles. The van der Waals surface area contributed by atoms with Crippen molar-refractivity contribution in [3.05, 3.63) is 0 Å². The molecule has 0 saturated heterocycles. The Bertz CT molecular complexity index is 134. The molecule has 0 bridgehead atoms. The van der Waals surface area contributed by atoms with E-state index in [-0.39, 0.29) is 6.04 Å². The molecule has 2 N–H and O–H groups in total. The molecule has 1 aliphatic rings. The Morgan fingerprint density at radius 1 is 1.38 bits per heavy atom. The normalized spacial score (nSPS) is 22.4. The first-order chi connectivity index (χ1) is 6.27. The van der Waals surface area contributed by atoms with Gasteiger partial charge in [0.1, 0.15) is 0 Å². The molecule has 0 aromatic rings. The van der Waals surface area contributed by atoms with Gasteiger partial charge < -0.3 is 10.5 Å². The molecule has 2 unspecified atom stereocenters. The summed E-state index contributed by atoms with van der Waals surface area (Å²) in [5, 5.41) is 0. The molecule has 0 amide bonds. The molecule has 0 radical (unpaired) electrons. The monoisotopic (exact) mass is 185 g/mol. The molecule has 0 spiro atoms. The average molecular weight is 185 g/mol. The van der Waals surface area contributed by atoms with Crippen molar-refractivity contribution in [1.82, 2.24) is 0 Å². The SMILES string of the molecule is CCCC(N)C(CC)OC1CCC1. The molecule has 2 heteroatoms. The van der Waals surface area contributed by atoms with Crippen LogP contribution in [0.15, 0.2) is 0 Å². The van der Waals surface area contributed by atoms with Crippen molar-refractivity contribution in [2.24, 2.45) is 5.73 Å². The Balaban J connectivity index is 2.23. The summed E-state index contributed by atoms with van der Waals surface area (Å²) in [6.07, 6.45) is 7.95. The second-order valence-electron chi connectivity index (χ2n) is 4.09. The Hall–Kier alpha value is -0.0800. The Morgan fingerprint density at radius 2 is 2.08 bits per heavy atom. The van der Waals surface area contributed by atoms with Crippen molar-refractivity contribution in [2.45, 2.75) is 70.6 Å². The molecule has 0 aliphatic heterocycles. The number of rotatable bonds is 6. The number of ether oxygens (including phenoxy) is 1. The summed E-state index contributed by atoms with van der Waals surface area (Å²) >= 11 is 0. The molecule has 2 nitrogen and oxygen atoms in total. The van der Waals surface area contributed by atoms with Gasteiger partial charge in [-0.05, 0) is 32.1 Å². The second kappa shape index (κ2) is 5.61. The van der Waals surface area contributed by atoms with Gasteiger partial charge in [0.15, 0.2) is 0 Å². The maximum absolute atomic E-state index is 6.04. The fourth-order valence-electron chi connectivity index (χ4n) is 1.77. The Morgan fingerprint density at radius 3 is 2.46 bits per heavy atom. The van der Waals surface area contributed by atoms with Crippen molar-refractivity contribution >= 4 is 0 Å². The van der Waals surface area contributed by atoms with E-state index in [0.717, 1.165) is 19.3 Å². The van der Waals surface area contributed by atoms with Crippen LogP contribution in [0.5, 0.6) is 0 Å². The summed E-state index contributed by atoms with van der Waals surface area (Å²) in [5.74, 6) is 0. The molecular formula is C11H23NO. The van der Waals surface area contributed by atoms with E-state index in [4.69, 9.17) is 10.5 Å². The molecule has 2 atom stereocenters. The van der Waals surface area contributed by atoms with Gasteiger partial charge >= 0.3 is 0 Å². The summed E-state index contributed by atoms with van der Waals surface area (Å²) in [5.41, 5.74) is 6.04. The molecule has 1 aliphatic carbocycles. The van der Waals surface area contributed by atoms with Crippen molar-refractivity contribution in [3.8, 4) is 0 Å². The lowest BCUT2D eigenvalue weighted by molar-refractivity contribution is -0.0634. The zero-order valence-electron chi connectivity index (χ0n) is 8.96. The fourth-order valence-corrected chi connectivity index (χ4v) is 1.77. The smallest absolute Gasteiger partial charge is 0.0727 e. The molecule has 1 rings (SSSR count). The predicted molar refractivity (Wildman–Crippen MR) is 55.7 cm³/mol. The molecule has 1 fully saturated rings. The van der Waals surface area contributed by atoms with Crippen LogP contribution in [0.1, 0.15) is 52.4 Å². The number of hydrogen-bond acceptors (Lipinski definition) is 2. The lowest BCUT2D eigenvalue weighted by Crippen LogP contribution is -2.40. The van der Waals surface area contributed by atoms with Crippen LogP contribution < -0.4 is 5.73 Å². The van der Waals surface area contributed by atoms with E-state index in [2.05, 4.69) is 13.8 Å². The predicted octanol–water partition coefficient (Wildman–Crippen LogP) is 2.46. The van der Waals surface area contributed by atoms with Crippen LogP contribution in [0.25, 0.3) is 0 Å². The highest BCUT2D eigenvalue weighted by Gasteiger charge is 2.24. The first-order valence-corrected chi connectivity index (χ1v) is 5.69. The average Bonchev–Trinajstić information content (AvgIpc) is 2.03. The first-order valence-electron chi connectivity index (χ1n) is 5.69. The van der Waals surface area contributed by atoms with E-state index >= 15 is 0 Å². The molecule has 13 heavy (non-hydrogen) atoms. The third-order valence-corrected chi connectivity index (χ3v) is 2.92. The highest BCUT2D eigenvalue weighted by molar-refractivity contribution is 4.77. The van der Waals surface area contributed by atoms with Crippen molar-refractivity contribution in [1.29, 1.82) is 0 Å². The summed E-state index contributed by atoms with van der Waals surface area (Å²) in [6.45, 7) is 4.34. The zero-order chi connectivity index (χ0) is 9.68. The lowest BCUT2D eigenvalue weighted by Gasteiger charge is -2.32. The largest absolute Gasteiger partial charge is 0.373 e. The van der Waals surface area contributed by atoms with Crippen molar-refractivity contribution in [2.75, 3.05) is 0 Å². The van der Waals surface area contributed by atoms with Gasteiger partial charge in [-0.25, -0.2) is 0 Å². The van der Waals surface area contributed by atoms with Gasteiger partial charge in [0.25, 0.3) is 0 Å². The van der Waals surface area contributed by atoms with Crippen molar-refractivity contribution < 1.29 is 4.74 Å². The van der Waals surface area contributed by atoms with Gasteiger partial charge in [-0.3, -0.25) is 0 Å². The standard InChI is InChI=1S/C11H23NO/c1-3-6-10(12)11(4-2)13-9-7-5-8-9/h9-11H,3-8,12H2,1-2H3. The number of hydrogen-bond donors (Lipinski definition) is 1. The third-order valence-electron chi connectivity index (χ3n) is 2.92. The summed E-state index contributed by atoms with van der Waals surface area (Å²) in [6, 6.07) is 0.246. The van der Waals surface area contributed by atoms with E-state index in [9.17, 15) is 0 Å². The van der Waals surface area contributed by atoms with Gasteiger partial charge in [0, 0.05) is 6.04 Å². The fraction of sp³-hybridized carbons (Fsp3) is 1.00. The number of nitrogens with two attached hydrogens (primary N) is 1. The minimum atomic E-state index is 0.246.